The number of ketones is 2. The van der Waals surface area contributed by atoms with Crippen molar-refractivity contribution in [3.63, 3.8) is 0 Å². The van der Waals surface area contributed by atoms with Gasteiger partial charge >= 0.3 is 0 Å². The van der Waals surface area contributed by atoms with Crippen molar-refractivity contribution >= 4 is 64.9 Å². The van der Waals surface area contributed by atoms with E-state index in [1.54, 1.807) is 6.26 Å². The third kappa shape index (κ3) is 11.3. The second-order valence-corrected chi connectivity index (χ2v) is 11.4. The van der Waals surface area contributed by atoms with Gasteiger partial charge in [0.15, 0.2) is 18.2 Å². The van der Waals surface area contributed by atoms with Crippen molar-refractivity contribution in [2.24, 2.45) is 11.1 Å². The fraction of sp³-hybridized carbons (Fsp3) is 0.519. The molecule has 4 amide bonds. The number of carbonyl (C=O) groups excluding carboxylic acids is 6. The topological polar surface area (TPSA) is 166 Å². The maximum atomic E-state index is 12.7. The third-order valence-electron chi connectivity index (χ3n) is 6.26. The molecule has 230 valence electrons. The maximum Gasteiger partial charge on any atom is 0.242 e. The fourth-order valence-electron chi connectivity index (χ4n) is 4.01. The number of Topliss-reactive ketones (excluding diaryl/α,β-unsaturated/α-hetero) is 2. The van der Waals surface area contributed by atoms with Crippen LogP contribution in [-0.4, -0.2) is 101 Å². The fourth-order valence-corrected chi connectivity index (χ4v) is 5.28. The lowest BCUT2D eigenvalue weighted by Gasteiger charge is -2.13. The van der Waals surface area contributed by atoms with Crippen LogP contribution in [-0.2, 0) is 38.4 Å². The molecule has 1 aromatic rings. The molecule has 2 saturated heterocycles. The number of halogens is 1. The molecular weight excluding hydrogens is 591 g/mol. The van der Waals surface area contributed by atoms with Crippen molar-refractivity contribution < 1.29 is 42.8 Å². The van der Waals surface area contributed by atoms with Gasteiger partial charge in [-0.2, -0.15) is 23.5 Å². The predicted octanol–water partition coefficient (Wildman–Crippen LogP) is 1.73. The summed E-state index contributed by atoms with van der Waals surface area (Å²) in [5, 5.41) is 3.09. The highest BCUT2D eigenvalue weighted by molar-refractivity contribution is 8.00. The average molecular weight is 627 g/mol. The number of carbonyl (C=O) groups is 6. The minimum atomic E-state index is -0.341. The Morgan fingerprint density at radius 3 is 1.81 bits per heavy atom. The van der Waals surface area contributed by atoms with E-state index in [4.69, 9.17) is 10.7 Å². The standard InChI is InChI=1S/C17H19FN2O4S.C10H16N2O4S/c1-25-15-9-16(22)20(17(15)23)8-2-3-14(21)11-24-19-10-12-4-6-13(18)7-5-12;1-17-8-5-9(14)12(10(8)15)4-2-3-7(13)6-16-11/h4-7,10,15H,2-3,8-9,11H2,1H3;8H,2-6,11H2,1H3/b19-10-;. The number of amides is 4. The van der Waals surface area contributed by atoms with Crippen LogP contribution >= 0.6 is 23.5 Å². The van der Waals surface area contributed by atoms with E-state index in [1.807, 2.05) is 6.26 Å². The Balaban J connectivity index is 0.000000317. The number of hydrogen-bond acceptors (Lipinski definition) is 12. The number of hydrogen-bond donors (Lipinski definition) is 1. The van der Waals surface area contributed by atoms with E-state index < -0.39 is 0 Å². The number of nitrogens with zero attached hydrogens (tertiary/aromatic N) is 3. The van der Waals surface area contributed by atoms with E-state index in [2.05, 4.69) is 9.99 Å². The molecule has 2 N–H and O–H groups in total. The van der Waals surface area contributed by atoms with Crippen LogP contribution in [0.4, 0.5) is 4.39 Å². The van der Waals surface area contributed by atoms with Gasteiger partial charge in [-0.1, -0.05) is 17.3 Å². The van der Waals surface area contributed by atoms with Crippen LogP contribution in [0.25, 0.3) is 0 Å². The van der Waals surface area contributed by atoms with Gasteiger partial charge in [0.25, 0.3) is 0 Å². The number of benzene rings is 1. The molecule has 0 radical (unpaired) electrons. The minimum absolute atomic E-state index is 0.130. The molecule has 2 heterocycles. The number of nitrogens with two attached hydrogens (primary N) is 1. The molecular formula is C27H35FN4O8S2. The van der Waals surface area contributed by atoms with Crippen molar-refractivity contribution in [1.29, 1.82) is 0 Å². The number of likely N-dealkylation sites (tertiary alicyclic amines) is 2. The predicted molar refractivity (Wildman–Crippen MR) is 156 cm³/mol. The Kier molecular flexibility index (Phi) is 15.4. The molecule has 15 heteroatoms. The zero-order valence-corrected chi connectivity index (χ0v) is 25.1. The van der Waals surface area contributed by atoms with E-state index in [1.165, 1.54) is 63.8 Å². The van der Waals surface area contributed by atoms with Crippen molar-refractivity contribution in [1.82, 2.24) is 9.80 Å². The van der Waals surface area contributed by atoms with Gasteiger partial charge in [0.05, 0.1) is 16.7 Å². The molecule has 0 spiro atoms. The van der Waals surface area contributed by atoms with Gasteiger partial charge in [-0.25, -0.2) is 10.3 Å². The van der Waals surface area contributed by atoms with Crippen LogP contribution in [0.3, 0.4) is 0 Å². The normalized spacial score (nSPS) is 18.6. The van der Waals surface area contributed by atoms with Crippen LogP contribution < -0.4 is 5.90 Å². The van der Waals surface area contributed by atoms with Crippen LogP contribution in [0.2, 0.25) is 0 Å². The summed E-state index contributed by atoms with van der Waals surface area (Å²) in [6.07, 6.45) is 6.81. The zero-order chi connectivity index (χ0) is 31.1. The quantitative estimate of drug-likeness (QED) is 0.161. The van der Waals surface area contributed by atoms with Crippen LogP contribution in [0, 0.1) is 5.82 Å². The monoisotopic (exact) mass is 626 g/mol. The lowest BCUT2D eigenvalue weighted by Crippen LogP contribution is -2.32. The van der Waals surface area contributed by atoms with E-state index in [0.29, 0.717) is 24.9 Å². The summed E-state index contributed by atoms with van der Waals surface area (Å²) in [6.45, 7) is 0.229. The highest BCUT2D eigenvalue weighted by Crippen LogP contribution is 2.24. The number of oxime groups is 1. The first-order chi connectivity index (χ1) is 20.1. The van der Waals surface area contributed by atoms with Gasteiger partial charge in [-0.05, 0) is 43.0 Å². The lowest BCUT2D eigenvalue weighted by molar-refractivity contribution is -0.140. The van der Waals surface area contributed by atoms with Crippen molar-refractivity contribution in [2.75, 3.05) is 38.8 Å². The van der Waals surface area contributed by atoms with E-state index in [-0.39, 0.29) is 97.0 Å². The Morgan fingerprint density at radius 1 is 0.905 bits per heavy atom. The highest BCUT2D eigenvalue weighted by Gasteiger charge is 2.38. The maximum absolute atomic E-state index is 12.7. The summed E-state index contributed by atoms with van der Waals surface area (Å²) >= 11 is 2.75. The van der Waals surface area contributed by atoms with Gasteiger partial charge in [0.2, 0.25) is 23.6 Å². The molecule has 12 nitrogen and oxygen atoms in total. The Hall–Kier alpha value is -3.14. The van der Waals surface area contributed by atoms with Crippen LogP contribution in [0.5, 0.6) is 0 Å². The van der Waals surface area contributed by atoms with Crippen molar-refractivity contribution in [3.8, 4) is 0 Å². The average Bonchev–Trinajstić information content (AvgIpc) is 3.40. The Morgan fingerprint density at radius 2 is 1.38 bits per heavy atom. The Bertz CT molecular complexity index is 1150. The first-order valence-electron chi connectivity index (χ1n) is 13.1. The molecule has 2 aliphatic heterocycles. The second-order valence-electron chi connectivity index (χ2n) is 9.28. The largest absolute Gasteiger partial charge is 0.388 e. The summed E-state index contributed by atoms with van der Waals surface area (Å²) in [5.74, 6) is 3.46. The van der Waals surface area contributed by atoms with Gasteiger partial charge in [0.1, 0.15) is 12.4 Å². The molecule has 1 aromatic carbocycles. The summed E-state index contributed by atoms with van der Waals surface area (Å²) in [6, 6.07) is 5.68. The molecule has 0 aliphatic carbocycles. The number of thioether (sulfide) groups is 2. The van der Waals surface area contributed by atoms with Gasteiger partial charge < -0.3 is 4.84 Å². The third-order valence-corrected chi connectivity index (χ3v) is 8.14. The molecule has 2 aliphatic rings. The molecule has 2 fully saturated rings. The van der Waals surface area contributed by atoms with Crippen LogP contribution in [0.1, 0.15) is 44.1 Å². The van der Waals surface area contributed by atoms with E-state index in [0.717, 1.165) is 0 Å². The molecule has 0 bridgehead atoms. The van der Waals surface area contributed by atoms with Crippen molar-refractivity contribution in [2.45, 2.75) is 49.0 Å². The van der Waals surface area contributed by atoms with Gasteiger partial charge in [-0.15, -0.1) is 0 Å². The molecule has 3 rings (SSSR count). The van der Waals surface area contributed by atoms with E-state index in [9.17, 15) is 33.2 Å². The van der Waals surface area contributed by atoms with Gasteiger partial charge in [0, 0.05) is 38.8 Å². The summed E-state index contributed by atoms with van der Waals surface area (Å²) < 4.78 is 12.7. The first-order valence-corrected chi connectivity index (χ1v) is 15.7. The smallest absolute Gasteiger partial charge is 0.242 e. The SMILES string of the molecule is CSC1CC(=O)N(CCCC(=O)CO/N=C\c2ccc(F)cc2)C1=O.CSC1CC(=O)N(CCCC(=O)CON)C1=O. The summed E-state index contributed by atoms with van der Waals surface area (Å²) in [5.41, 5.74) is 0.656. The summed E-state index contributed by atoms with van der Waals surface area (Å²) in [7, 11) is 0. The molecule has 42 heavy (non-hydrogen) atoms. The molecule has 0 aromatic heterocycles. The molecule has 0 saturated carbocycles. The second kappa shape index (κ2) is 18.4. The van der Waals surface area contributed by atoms with Gasteiger partial charge in [-0.3, -0.25) is 43.4 Å². The summed E-state index contributed by atoms with van der Waals surface area (Å²) in [4.78, 5) is 81.3. The van der Waals surface area contributed by atoms with Crippen LogP contribution in [0.15, 0.2) is 29.4 Å². The zero-order valence-electron chi connectivity index (χ0n) is 23.5. The number of imide groups is 2. The molecule has 2 atom stereocenters. The minimum Gasteiger partial charge on any atom is -0.388 e. The van der Waals surface area contributed by atoms with E-state index >= 15 is 0 Å². The lowest BCUT2D eigenvalue weighted by atomic mass is 10.2. The first kappa shape index (κ1) is 35.1. The highest BCUT2D eigenvalue weighted by atomic mass is 32.2. The Labute approximate surface area is 251 Å². The molecule has 2 unspecified atom stereocenters. The number of rotatable bonds is 16. The van der Waals surface area contributed by atoms with Crippen molar-refractivity contribution in [3.05, 3.63) is 35.6 Å².